The maximum absolute atomic E-state index is 12.0. The van der Waals surface area contributed by atoms with E-state index in [1.165, 1.54) is 0 Å². The SMILES string of the molecule is O=C(Nc1ncc(Br)cc1OC[C@H]1O[C@H]1CO)OCc1ccccc1. The van der Waals surface area contributed by atoms with E-state index >= 15 is 0 Å². The summed E-state index contributed by atoms with van der Waals surface area (Å²) in [6.45, 7) is 0.381. The van der Waals surface area contributed by atoms with Crippen LogP contribution in [0.2, 0.25) is 0 Å². The van der Waals surface area contributed by atoms with Crippen molar-refractivity contribution in [3.8, 4) is 5.75 Å². The number of carbonyl (C=O) groups is 1. The number of hydrogen-bond acceptors (Lipinski definition) is 6. The molecule has 2 atom stereocenters. The van der Waals surface area contributed by atoms with Crippen molar-refractivity contribution in [1.29, 1.82) is 0 Å². The first kappa shape index (κ1) is 17.7. The Balaban J connectivity index is 1.56. The van der Waals surface area contributed by atoms with Gasteiger partial charge in [-0.3, -0.25) is 5.32 Å². The highest BCUT2D eigenvalue weighted by Gasteiger charge is 2.38. The van der Waals surface area contributed by atoms with Crippen LogP contribution in [-0.4, -0.2) is 41.6 Å². The Kier molecular flexibility index (Phi) is 5.85. The summed E-state index contributed by atoms with van der Waals surface area (Å²) in [5.74, 6) is 0.640. The Bertz CT molecular complexity index is 728. The summed E-state index contributed by atoms with van der Waals surface area (Å²) in [6.07, 6.45) is 0.581. The van der Waals surface area contributed by atoms with Gasteiger partial charge in [-0.05, 0) is 27.6 Å². The van der Waals surface area contributed by atoms with Crippen molar-refractivity contribution >= 4 is 27.8 Å². The van der Waals surface area contributed by atoms with Crippen molar-refractivity contribution in [2.45, 2.75) is 18.8 Å². The number of hydrogen-bond donors (Lipinski definition) is 2. The molecule has 25 heavy (non-hydrogen) atoms. The average molecular weight is 409 g/mol. The molecule has 0 radical (unpaired) electrons. The minimum Gasteiger partial charge on any atom is -0.487 e. The highest BCUT2D eigenvalue weighted by molar-refractivity contribution is 9.10. The highest BCUT2D eigenvalue weighted by atomic mass is 79.9. The van der Waals surface area contributed by atoms with E-state index in [4.69, 9.17) is 19.3 Å². The van der Waals surface area contributed by atoms with Crippen LogP contribution in [0.3, 0.4) is 0 Å². The molecule has 1 aliphatic heterocycles. The number of nitrogens with zero attached hydrogens (tertiary/aromatic N) is 1. The van der Waals surface area contributed by atoms with Gasteiger partial charge in [0.25, 0.3) is 0 Å². The number of pyridine rings is 1. The summed E-state index contributed by atoms with van der Waals surface area (Å²) in [4.78, 5) is 16.1. The van der Waals surface area contributed by atoms with Crippen molar-refractivity contribution < 1.29 is 24.1 Å². The smallest absolute Gasteiger partial charge is 0.413 e. The van der Waals surface area contributed by atoms with E-state index in [1.807, 2.05) is 30.3 Å². The monoisotopic (exact) mass is 408 g/mol. The lowest BCUT2D eigenvalue weighted by atomic mass is 10.2. The number of ether oxygens (including phenoxy) is 3. The van der Waals surface area contributed by atoms with Gasteiger partial charge in [-0.15, -0.1) is 0 Å². The molecule has 0 unspecified atom stereocenters. The van der Waals surface area contributed by atoms with Crippen LogP contribution in [0.15, 0.2) is 47.1 Å². The van der Waals surface area contributed by atoms with Gasteiger partial charge in [0.1, 0.15) is 25.4 Å². The fraction of sp³-hybridized carbons (Fsp3) is 0.294. The molecule has 1 aromatic carbocycles. The lowest BCUT2D eigenvalue weighted by Gasteiger charge is -2.12. The third-order valence-electron chi connectivity index (χ3n) is 3.52. The summed E-state index contributed by atoms with van der Waals surface area (Å²) in [6, 6.07) is 11.1. The Hall–Kier alpha value is -2.16. The molecule has 0 spiro atoms. The highest BCUT2D eigenvalue weighted by Crippen LogP contribution is 2.28. The summed E-state index contributed by atoms with van der Waals surface area (Å²) < 4.78 is 16.7. The zero-order valence-electron chi connectivity index (χ0n) is 13.2. The van der Waals surface area contributed by atoms with Crippen LogP contribution in [-0.2, 0) is 16.1 Å². The van der Waals surface area contributed by atoms with Gasteiger partial charge in [0.15, 0.2) is 11.6 Å². The zero-order chi connectivity index (χ0) is 17.6. The number of benzene rings is 1. The van der Waals surface area contributed by atoms with Crippen LogP contribution in [0, 0.1) is 0 Å². The third-order valence-corrected chi connectivity index (χ3v) is 3.96. The van der Waals surface area contributed by atoms with E-state index in [2.05, 4.69) is 26.2 Å². The van der Waals surface area contributed by atoms with E-state index in [-0.39, 0.29) is 37.8 Å². The van der Waals surface area contributed by atoms with Gasteiger partial charge in [0.05, 0.1) is 6.61 Å². The Morgan fingerprint density at radius 3 is 2.84 bits per heavy atom. The van der Waals surface area contributed by atoms with Crippen LogP contribution in [0.4, 0.5) is 10.6 Å². The molecule has 1 saturated heterocycles. The predicted octanol–water partition coefficient (Wildman–Crippen LogP) is 2.73. The molecule has 1 fully saturated rings. The van der Waals surface area contributed by atoms with Crippen molar-refractivity contribution in [3.05, 3.63) is 52.6 Å². The van der Waals surface area contributed by atoms with Gasteiger partial charge >= 0.3 is 6.09 Å². The number of aliphatic hydroxyl groups is 1. The molecule has 3 rings (SSSR count). The third kappa shape index (κ3) is 5.15. The molecule has 2 heterocycles. The standard InChI is InChI=1S/C17H17BrN2O5/c18-12-6-13(23-10-15-14(8-21)25-15)16(19-7-12)20-17(22)24-9-11-4-2-1-3-5-11/h1-7,14-15,21H,8-10H2,(H,19,20,22)/t14-,15+/m0/s1. The first-order chi connectivity index (χ1) is 12.2. The van der Waals surface area contributed by atoms with Crippen molar-refractivity contribution in [1.82, 2.24) is 4.98 Å². The van der Waals surface area contributed by atoms with Crippen molar-refractivity contribution in [2.24, 2.45) is 0 Å². The van der Waals surface area contributed by atoms with Crippen LogP contribution in [0.1, 0.15) is 5.56 Å². The maximum atomic E-state index is 12.0. The Morgan fingerprint density at radius 1 is 1.32 bits per heavy atom. The average Bonchev–Trinajstić information content (AvgIpc) is 3.40. The van der Waals surface area contributed by atoms with Crippen LogP contribution in [0.25, 0.3) is 0 Å². The van der Waals surface area contributed by atoms with E-state index < -0.39 is 6.09 Å². The minimum atomic E-state index is -0.626. The quantitative estimate of drug-likeness (QED) is 0.684. The molecule has 2 N–H and O–H groups in total. The summed E-state index contributed by atoms with van der Waals surface area (Å²) in [5.41, 5.74) is 0.888. The van der Waals surface area contributed by atoms with Gasteiger partial charge < -0.3 is 19.3 Å². The van der Waals surface area contributed by atoms with Gasteiger partial charge in [-0.2, -0.15) is 0 Å². The summed E-state index contributed by atoms with van der Waals surface area (Å²) in [5, 5.41) is 11.5. The van der Waals surface area contributed by atoms with Crippen LogP contribution < -0.4 is 10.1 Å². The molecule has 0 aliphatic carbocycles. The Morgan fingerprint density at radius 2 is 2.12 bits per heavy atom. The number of amides is 1. The van der Waals surface area contributed by atoms with E-state index in [1.54, 1.807) is 12.3 Å². The van der Waals surface area contributed by atoms with Crippen molar-refractivity contribution in [2.75, 3.05) is 18.5 Å². The molecular weight excluding hydrogens is 392 g/mol. The molecule has 132 valence electrons. The molecule has 1 aromatic heterocycles. The molecule has 8 heteroatoms. The Labute approximate surface area is 153 Å². The van der Waals surface area contributed by atoms with E-state index in [9.17, 15) is 4.79 Å². The number of aromatic nitrogens is 1. The number of carbonyl (C=O) groups excluding carboxylic acids is 1. The molecular formula is C17H17BrN2O5. The molecule has 1 amide bonds. The van der Waals surface area contributed by atoms with Crippen LogP contribution >= 0.6 is 15.9 Å². The second kappa shape index (κ2) is 8.28. The topological polar surface area (TPSA) is 93.2 Å². The number of nitrogens with one attached hydrogen (secondary N) is 1. The van der Waals surface area contributed by atoms with Gasteiger partial charge in [0, 0.05) is 10.7 Å². The minimum absolute atomic E-state index is 0.0400. The van der Waals surface area contributed by atoms with Gasteiger partial charge in [0.2, 0.25) is 0 Å². The molecule has 0 bridgehead atoms. The zero-order valence-corrected chi connectivity index (χ0v) is 14.8. The maximum Gasteiger partial charge on any atom is 0.413 e. The number of halogens is 1. The van der Waals surface area contributed by atoms with Gasteiger partial charge in [-0.25, -0.2) is 9.78 Å². The predicted molar refractivity (Wildman–Crippen MR) is 93.4 cm³/mol. The van der Waals surface area contributed by atoms with Crippen LogP contribution in [0.5, 0.6) is 5.75 Å². The fourth-order valence-corrected chi connectivity index (χ4v) is 2.45. The first-order valence-electron chi connectivity index (χ1n) is 7.68. The number of aliphatic hydroxyl groups excluding tert-OH is 1. The summed E-state index contributed by atoms with van der Waals surface area (Å²) >= 11 is 3.31. The lowest BCUT2D eigenvalue weighted by molar-refractivity contribution is 0.155. The second-order valence-corrected chi connectivity index (χ2v) is 6.31. The first-order valence-corrected chi connectivity index (χ1v) is 8.47. The number of anilines is 1. The molecule has 0 saturated carbocycles. The van der Waals surface area contributed by atoms with Crippen molar-refractivity contribution in [3.63, 3.8) is 0 Å². The van der Waals surface area contributed by atoms with E-state index in [0.29, 0.717) is 10.2 Å². The van der Waals surface area contributed by atoms with Gasteiger partial charge in [-0.1, -0.05) is 30.3 Å². The summed E-state index contributed by atoms with van der Waals surface area (Å²) in [7, 11) is 0. The van der Waals surface area contributed by atoms with E-state index in [0.717, 1.165) is 5.56 Å². The lowest BCUT2D eigenvalue weighted by Crippen LogP contribution is -2.16. The number of rotatable bonds is 7. The number of epoxide rings is 1. The fourth-order valence-electron chi connectivity index (χ4n) is 2.14. The largest absolute Gasteiger partial charge is 0.487 e. The second-order valence-electron chi connectivity index (χ2n) is 5.39. The normalized spacial score (nSPS) is 18.5. The molecule has 7 nitrogen and oxygen atoms in total. The molecule has 2 aromatic rings. The molecule has 1 aliphatic rings.